The Morgan fingerprint density at radius 2 is 1.77 bits per heavy atom. The fraction of sp³-hybridized carbons (Fsp3) is 0.889. The maximum absolute atomic E-state index is 12.3. The van der Waals surface area contributed by atoms with Crippen LogP contribution in [-0.4, -0.2) is 27.7 Å². The van der Waals surface area contributed by atoms with Crippen LogP contribution in [0.5, 0.6) is 0 Å². The van der Waals surface area contributed by atoms with Crippen molar-refractivity contribution in [3.8, 4) is 0 Å². The van der Waals surface area contributed by atoms with E-state index in [2.05, 4.69) is 27.7 Å². The monoisotopic (exact) mass is 416 g/mol. The summed E-state index contributed by atoms with van der Waals surface area (Å²) in [6, 6.07) is 0. The first-order valence-corrected chi connectivity index (χ1v) is 12.6. The molecule has 30 heavy (non-hydrogen) atoms. The Morgan fingerprint density at radius 1 is 1.03 bits per heavy atom. The average Bonchev–Trinajstić information content (AvgIpc) is 2.92. The molecule has 4 fully saturated rings. The van der Waals surface area contributed by atoms with Crippen LogP contribution in [0.4, 0.5) is 0 Å². The van der Waals surface area contributed by atoms with Crippen molar-refractivity contribution in [2.75, 3.05) is 0 Å². The van der Waals surface area contributed by atoms with Gasteiger partial charge in [0.15, 0.2) is 5.78 Å². The first-order valence-electron chi connectivity index (χ1n) is 12.6. The summed E-state index contributed by atoms with van der Waals surface area (Å²) in [6.07, 6.45) is 12.1. The van der Waals surface area contributed by atoms with Crippen LogP contribution in [0.1, 0.15) is 98.8 Å². The predicted octanol–water partition coefficient (Wildman–Crippen LogP) is 5.68. The van der Waals surface area contributed by atoms with Gasteiger partial charge in [-0.1, -0.05) is 33.3 Å². The molecule has 0 aliphatic heterocycles. The molecule has 3 heteroatoms. The second-order valence-corrected chi connectivity index (χ2v) is 12.3. The third kappa shape index (κ3) is 3.34. The van der Waals surface area contributed by atoms with Gasteiger partial charge >= 0.3 is 0 Å². The minimum absolute atomic E-state index is 0.122. The van der Waals surface area contributed by atoms with Gasteiger partial charge in [-0.2, -0.15) is 0 Å². The lowest BCUT2D eigenvalue weighted by molar-refractivity contribution is -0.208. The zero-order chi connectivity index (χ0) is 21.9. The van der Waals surface area contributed by atoms with E-state index >= 15 is 0 Å². The Balaban J connectivity index is 1.65. The summed E-state index contributed by atoms with van der Waals surface area (Å²) >= 11 is 0. The molecular formula is C27H44O3. The van der Waals surface area contributed by atoms with E-state index in [4.69, 9.17) is 0 Å². The number of carbonyl (C=O) groups is 1. The number of hydrogen-bond donors (Lipinski definition) is 2. The van der Waals surface area contributed by atoms with Crippen LogP contribution < -0.4 is 0 Å². The fourth-order valence-electron chi connectivity index (χ4n) is 8.83. The van der Waals surface area contributed by atoms with Gasteiger partial charge in [-0.25, -0.2) is 0 Å². The molecule has 8 unspecified atom stereocenters. The maximum atomic E-state index is 12.3. The summed E-state index contributed by atoms with van der Waals surface area (Å²) in [5, 5.41) is 22.6. The smallest absolute Gasteiger partial charge is 0.152 e. The third-order valence-electron chi connectivity index (χ3n) is 10.3. The van der Waals surface area contributed by atoms with Crippen molar-refractivity contribution in [3.05, 3.63) is 11.6 Å². The molecule has 0 aromatic heterocycles. The van der Waals surface area contributed by atoms with E-state index in [0.29, 0.717) is 29.6 Å². The maximum Gasteiger partial charge on any atom is 0.152 e. The second-order valence-electron chi connectivity index (χ2n) is 12.3. The van der Waals surface area contributed by atoms with Gasteiger partial charge in [-0.05, 0) is 112 Å². The topological polar surface area (TPSA) is 57.5 Å². The van der Waals surface area contributed by atoms with E-state index in [0.717, 1.165) is 57.8 Å². The molecule has 4 aliphatic rings. The summed E-state index contributed by atoms with van der Waals surface area (Å²) in [6.45, 7) is 10.9. The highest BCUT2D eigenvalue weighted by molar-refractivity contribution is 5.88. The largest absolute Gasteiger partial charge is 0.393 e. The van der Waals surface area contributed by atoms with E-state index in [1.807, 2.05) is 6.08 Å². The van der Waals surface area contributed by atoms with Crippen LogP contribution in [0.2, 0.25) is 0 Å². The number of ketones is 1. The molecule has 4 aliphatic carbocycles. The van der Waals surface area contributed by atoms with Gasteiger partial charge in [0.1, 0.15) is 0 Å². The standard InChI is InChI=1S/C27H44O3/c1-17(2)14-19(15-18(3)28)22-10-13-27(30)24-7-6-20-16-21(29)8-11-25(20,4)23(24)9-12-26(22,27)5/h15,17,20-24,29-30H,6-14,16H2,1-5H3/b19-15+. The summed E-state index contributed by atoms with van der Waals surface area (Å²) in [5.74, 6) is 2.55. The molecule has 0 aromatic carbocycles. The Labute approximate surface area is 183 Å². The number of aliphatic hydroxyl groups excluding tert-OH is 1. The van der Waals surface area contributed by atoms with Gasteiger partial charge < -0.3 is 10.2 Å². The van der Waals surface area contributed by atoms with Crippen LogP contribution in [-0.2, 0) is 4.79 Å². The molecule has 2 N–H and O–H groups in total. The molecule has 4 rings (SSSR count). The van der Waals surface area contributed by atoms with E-state index in [-0.39, 0.29) is 22.7 Å². The van der Waals surface area contributed by atoms with Crippen LogP contribution in [0.15, 0.2) is 11.6 Å². The minimum Gasteiger partial charge on any atom is -0.393 e. The first-order chi connectivity index (χ1) is 14.0. The molecule has 0 aromatic rings. The second kappa shape index (κ2) is 7.73. The van der Waals surface area contributed by atoms with E-state index in [1.165, 1.54) is 12.0 Å². The van der Waals surface area contributed by atoms with Crippen molar-refractivity contribution in [1.29, 1.82) is 0 Å². The van der Waals surface area contributed by atoms with Gasteiger partial charge in [-0.15, -0.1) is 0 Å². The van der Waals surface area contributed by atoms with Crippen LogP contribution in [0.25, 0.3) is 0 Å². The van der Waals surface area contributed by atoms with Crippen molar-refractivity contribution in [2.45, 2.75) is 111 Å². The molecule has 4 saturated carbocycles. The number of aliphatic hydroxyl groups is 2. The lowest BCUT2D eigenvalue weighted by Gasteiger charge is -2.63. The number of fused-ring (bicyclic) bond motifs is 5. The number of hydrogen-bond acceptors (Lipinski definition) is 3. The van der Waals surface area contributed by atoms with Gasteiger partial charge in [0, 0.05) is 5.41 Å². The SMILES string of the molecule is CC(=O)/C=C(\CC(C)C)C1CCC2(O)C3CCC4CC(O)CCC4(C)C3CCC12C. The Morgan fingerprint density at radius 3 is 2.43 bits per heavy atom. The fourth-order valence-corrected chi connectivity index (χ4v) is 8.83. The number of allylic oxidation sites excluding steroid dienone is 2. The number of rotatable bonds is 4. The molecule has 0 bridgehead atoms. The molecule has 0 amide bonds. The molecule has 170 valence electrons. The summed E-state index contributed by atoms with van der Waals surface area (Å²) in [5.41, 5.74) is 0.821. The Kier molecular flexibility index (Phi) is 5.80. The lowest BCUT2D eigenvalue weighted by Crippen LogP contribution is -2.62. The van der Waals surface area contributed by atoms with Crippen LogP contribution in [0.3, 0.4) is 0 Å². The average molecular weight is 417 g/mol. The van der Waals surface area contributed by atoms with Crippen molar-refractivity contribution in [1.82, 2.24) is 0 Å². The molecule has 0 heterocycles. The van der Waals surface area contributed by atoms with Crippen LogP contribution in [0, 0.1) is 40.4 Å². The lowest BCUT2D eigenvalue weighted by atomic mass is 9.43. The van der Waals surface area contributed by atoms with Gasteiger partial charge in [0.25, 0.3) is 0 Å². The summed E-state index contributed by atoms with van der Waals surface area (Å²) in [7, 11) is 0. The van der Waals surface area contributed by atoms with Gasteiger partial charge in [0.2, 0.25) is 0 Å². The minimum atomic E-state index is -0.614. The quantitative estimate of drug-likeness (QED) is 0.579. The molecule has 0 spiro atoms. The predicted molar refractivity (Wildman–Crippen MR) is 121 cm³/mol. The van der Waals surface area contributed by atoms with E-state index < -0.39 is 5.60 Å². The van der Waals surface area contributed by atoms with Crippen molar-refractivity contribution < 1.29 is 15.0 Å². The molecule has 0 radical (unpaired) electrons. The van der Waals surface area contributed by atoms with Crippen molar-refractivity contribution in [2.24, 2.45) is 40.4 Å². The van der Waals surface area contributed by atoms with Gasteiger partial charge in [-0.3, -0.25) is 4.79 Å². The highest BCUT2D eigenvalue weighted by atomic mass is 16.3. The summed E-state index contributed by atoms with van der Waals surface area (Å²) in [4.78, 5) is 12.0. The zero-order valence-corrected chi connectivity index (χ0v) is 19.9. The van der Waals surface area contributed by atoms with E-state index in [9.17, 15) is 15.0 Å². The van der Waals surface area contributed by atoms with Crippen molar-refractivity contribution >= 4 is 5.78 Å². The zero-order valence-electron chi connectivity index (χ0n) is 19.9. The molecule has 0 saturated heterocycles. The highest BCUT2D eigenvalue weighted by Gasteiger charge is 2.67. The summed E-state index contributed by atoms with van der Waals surface area (Å²) < 4.78 is 0. The number of carbonyl (C=O) groups excluding carboxylic acids is 1. The Hall–Kier alpha value is -0.670. The van der Waals surface area contributed by atoms with Crippen LogP contribution >= 0.6 is 0 Å². The normalized spacial score (nSPS) is 48.8. The molecular weight excluding hydrogens is 372 g/mol. The molecule has 8 atom stereocenters. The third-order valence-corrected chi connectivity index (χ3v) is 10.3. The van der Waals surface area contributed by atoms with Crippen molar-refractivity contribution in [3.63, 3.8) is 0 Å². The van der Waals surface area contributed by atoms with E-state index in [1.54, 1.807) is 6.92 Å². The first kappa shape index (κ1) is 22.5. The highest BCUT2D eigenvalue weighted by Crippen LogP contribution is 2.70. The Bertz CT molecular complexity index is 711. The van der Waals surface area contributed by atoms with Gasteiger partial charge in [0.05, 0.1) is 11.7 Å². The molecule has 3 nitrogen and oxygen atoms in total.